The molecule has 0 spiro atoms. The second-order valence-electron chi connectivity index (χ2n) is 5.78. The van der Waals surface area contributed by atoms with E-state index in [0.29, 0.717) is 6.04 Å². The Kier molecular flexibility index (Phi) is 3.29. The van der Waals surface area contributed by atoms with Crippen LogP contribution in [0, 0.1) is 11.8 Å². The third-order valence-electron chi connectivity index (χ3n) is 4.49. The molecule has 0 bridgehead atoms. The van der Waals surface area contributed by atoms with Crippen LogP contribution in [0.1, 0.15) is 43.4 Å². The Morgan fingerprint density at radius 3 is 2.89 bits per heavy atom. The van der Waals surface area contributed by atoms with Crippen LogP contribution in [-0.4, -0.2) is 13.7 Å². The summed E-state index contributed by atoms with van der Waals surface area (Å²) in [6, 6.07) is 7.25. The van der Waals surface area contributed by atoms with Crippen molar-refractivity contribution in [2.45, 2.75) is 38.6 Å². The fourth-order valence-corrected chi connectivity index (χ4v) is 3.20. The van der Waals surface area contributed by atoms with E-state index in [0.717, 1.165) is 37.0 Å². The molecule has 18 heavy (non-hydrogen) atoms. The first-order chi connectivity index (χ1) is 8.79. The van der Waals surface area contributed by atoms with Crippen LogP contribution in [0.25, 0.3) is 0 Å². The maximum atomic E-state index is 5.69. The van der Waals surface area contributed by atoms with Crippen molar-refractivity contribution in [1.29, 1.82) is 0 Å². The van der Waals surface area contributed by atoms with Crippen molar-refractivity contribution in [2.24, 2.45) is 11.8 Å². The SMILES string of the molecule is CNC(c1ccc2c(c1)CCCO2)C(C)C1CC1. The monoisotopic (exact) mass is 245 g/mol. The first-order valence-corrected chi connectivity index (χ1v) is 7.22. The summed E-state index contributed by atoms with van der Waals surface area (Å²) in [5, 5.41) is 3.51. The van der Waals surface area contributed by atoms with Gasteiger partial charge in [0, 0.05) is 6.04 Å². The van der Waals surface area contributed by atoms with Gasteiger partial charge in [-0.3, -0.25) is 0 Å². The molecule has 1 aromatic carbocycles. The summed E-state index contributed by atoms with van der Waals surface area (Å²) in [7, 11) is 2.08. The zero-order valence-corrected chi connectivity index (χ0v) is 11.4. The lowest BCUT2D eigenvalue weighted by Crippen LogP contribution is -2.25. The molecule has 98 valence electrons. The van der Waals surface area contributed by atoms with Crippen molar-refractivity contribution in [3.63, 3.8) is 0 Å². The number of ether oxygens (including phenoxy) is 1. The Labute approximate surface area is 110 Å². The summed E-state index contributed by atoms with van der Waals surface area (Å²) in [4.78, 5) is 0. The minimum absolute atomic E-state index is 0.490. The molecule has 1 aliphatic heterocycles. The Morgan fingerprint density at radius 1 is 1.33 bits per heavy atom. The number of hydrogen-bond acceptors (Lipinski definition) is 2. The standard InChI is InChI=1S/C16H23NO/c1-11(12-5-6-12)16(17-2)14-7-8-15-13(10-14)4-3-9-18-15/h7-8,10-12,16-17H,3-6,9H2,1-2H3. The molecule has 2 unspecified atom stereocenters. The van der Waals surface area contributed by atoms with Crippen LogP contribution >= 0.6 is 0 Å². The maximum Gasteiger partial charge on any atom is 0.122 e. The summed E-state index contributed by atoms with van der Waals surface area (Å²) in [5.41, 5.74) is 2.82. The fraction of sp³-hybridized carbons (Fsp3) is 0.625. The van der Waals surface area contributed by atoms with Crippen LogP contribution in [0.4, 0.5) is 0 Å². The largest absolute Gasteiger partial charge is 0.493 e. The van der Waals surface area contributed by atoms with Gasteiger partial charge in [-0.05, 0) is 61.8 Å². The normalized spacial score (nSPS) is 21.9. The lowest BCUT2D eigenvalue weighted by atomic mass is 9.89. The molecule has 0 amide bonds. The third kappa shape index (κ3) is 2.26. The Hall–Kier alpha value is -1.02. The van der Waals surface area contributed by atoms with Gasteiger partial charge in [0.15, 0.2) is 0 Å². The van der Waals surface area contributed by atoms with Gasteiger partial charge in [0.05, 0.1) is 6.61 Å². The van der Waals surface area contributed by atoms with Gasteiger partial charge in [-0.1, -0.05) is 19.1 Å². The van der Waals surface area contributed by atoms with E-state index in [4.69, 9.17) is 4.74 Å². The van der Waals surface area contributed by atoms with Crippen LogP contribution in [-0.2, 0) is 6.42 Å². The van der Waals surface area contributed by atoms with Gasteiger partial charge < -0.3 is 10.1 Å². The molecule has 1 heterocycles. The lowest BCUT2D eigenvalue weighted by molar-refractivity contribution is 0.287. The minimum Gasteiger partial charge on any atom is -0.493 e. The van der Waals surface area contributed by atoms with E-state index in [-0.39, 0.29) is 0 Å². The van der Waals surface area contributed by atoms with Crippen molar-refractivity contribution in [2.75, 3.05) is 13.7 Å². The van der Waals surface area contributed by atoms with Crippen LogP contribution in [0.5, 0.6) is 5.75 Å². The number of benzene rings is 1. The van der Waals surface area contributed by atoms with E-state index in [1.54, 1.807) is 0 Å². The molecule has 0 saturated heterocycles. The van der Waals surface area contributed by atoms with E-state index < -0.39 is 0 Å². The second kappa shape index (κ2) is 4.93. The quantitative estimate of drug-likeness (QED) is 0.878. The molecule has 1 saturated carbocycles. The number of fused-ring (bicyclic) bond motifs is 1. The predicted molar refractivity (Wildman–Crippen MR) is 73.9 cm³/mol. The van der Waals surface area contributed by atoms with Gasteiger partial charge in [-0.25, -0.2) is 0 Å². The molecule has 3 rings (SSSR count). The van der Waals surface area contributed by atoms with Gasteiger partial charge in [-0.2, -0.15) is 0 Å². The number of aryl methyl sites for hydroxylation is 1. The summed E-state index contributed by atoms with van der Waals surface area (Å²) in [5.74, 6) is 2.76. The molecule has 2 nitrogen and oxygen atoms in total. The zero-order valence-electron chi connectivity index (χ0n) is 11.4. The van der Waals surface area contributed by atoms with Crippen LogP contribution < -0.4 is 10.1 Å². The lowest BCUT2D eigenvalue weighted by Gasteiger charge is -2.26. The molecule has 0 radical (unpaired) electrons. The predicted octanol–water partition coefficient (Wildman–Crippen LogP) is 3.32. The van der Waals surface area contributed by atoms with Crippen molar-refractivity contribution in [1.82, 2.24) is 5.32 Å². The van der Waals surface area contributed by atoms with Gasteiger partial charge in [0.2, 0.25) is 0 Å². The zero-order chi connectivity index (χ0) is 12.5. The van der Waals surface area contributed by atoms with Crippen molar-refractivity contribution in [3.05, 3.63) is 29.3 Å². The van der Waals surface area contributed by atoms with E-state index in [1.807, 2.05) is 0 Å². The highest BCUT2D eigenvalue weighted by Crippen LogP contribution is 2.43. The van der Waals surface area contributed by atoms with Gasteiger partial charge in [-0.15, -0.1) is 0 Å². The Balaban J connectivity index is 1.85. The van der Waals surface area contributed by atoms with Crippen LogP contribution in [0.2, 0.25) is 0 Å². The van der Waals surface area contributed by atoms with E-state index >= 15 is 0 Å². The highest BCUT2D eigenvalue weighted by Gasteiger charge is 2.33. The maximum absolute atomic E-state index is 5.69. The number of rotatable bonds is 4. The van der Waals surface area contributed by atoms with Crippen molar-refractivity contribution >= 4 is 0 Å². The van der Waals surface area contributed by atoms with Gasteiger partial charge in [0.25, 0.3) is 0 Å². The molecule has 2 heteroatoms. The molecular formula is C16H23NO. The van der Waals surface area contributed by atoms with Gasteiger partial charge >= 0.3 is 0 Å². The molecule has 2 atom stereocenters. The highest BCUT2D eigenvalue weighted by molar-refractivity contribution is 5.39. The first-order valence-electron chi connectivity index (χ1n) is 7.22. The van der Waals surface area contributed by atoms with Gasteiger partial charge in [0.1, 0.15) is 5.75 Å². The van der Waals surface area contributed by atoms with Crippen LogP contribution in [0.15, 0.2) is 18.2 Å². The fourth-order valence-electron chi connectivity index (χ4n) is 3.20. The van der Waals surface area contributed by atoms with E-state index in [2.05, 4.69) is 37.5 Å². The smallest absolute Gasteiger partial charge is 0.122 e. The van der Waals surface area contributed by atoms with Crippen molar-refractivity contribution in [3.8, 4) is 5.75 Å². The topological polar surface area (TPSA) is 21.3 Å². The third-order valence-corrected chi connectivity index (χ3v) is 4.49. The molecule has 2 aliphatic rings. The molecule has 1 aromatic rings. The molecule has 1 N–H and O–H groups in total. The molecule has 0 aromatic heterocycles. The second-order valence-corrected chi connectivity index (χ2v) is 5.78. The summed E-state index contributed by atoms with van der Waals surface area (Å²) in [6.45, 7) is 3.26. The average molecular weight is 245 g/mol. The van der Waals surface area contributed by atoms with Crippen molar-refractivity contribution < 1.29 is 4.74 Å². The van der Waals surface area contributed by atoms with E-state index in [9.17, 15) is 0 Å². The average Bonchev–Trinajstić information content (AvgIpc) is 3.23. The highest BCUT2D eigenvalue weighted by atomic mass is 16.5. The number of nitrogens with one attached hydrogen (secondary N) is 1. The molecule has 1 fully saturated rings. The van der Waals surface area contributed by atoms with Crippen LogP contribution in [0.3, 0.4) is 0 Å². The summed E-state index contributed by atoms with van der Waals surface area (Å²) >= 11 is 0. The Morgan fingerprint density at radius 2 is 2.17 bits per heavy atom. The molecule has 1 aliphatic carbocycles. The summed E-state index contributed by atoms with van der Waals surface area (Å²) < 4.78 is 5.69. The minimum atomic E-state index is 0.490. The first kappa shape index (κ1) is 12.0. The summed E-state index contributed by atoms with van der Waals surface area (Å²) in [6.07, 6.45) is 5.14. The molecular weight excluding hydrogens is 222 g/mol. The number of hydrogen-bond donors (Lipinski definition) is 1. The Bertz CT molecular complexity index is 425. The van der Waals surface area contributed by atoms with E-state index in [1.165, 1.54) is 24.0 Å².